The van der Waals surface area contributed by atoms with Gasteiger partial charge in [-0.25, -0.2) is 18.6 Å². The lowest BCUT2D eigenvalue weighted by molar-refractivity contribution is 0.145. The molecule has 0 unspecified atom stereocenters. The Labute approximate surface area is 143 Å². The lowest BCUT2D eigenvalue weighted by Gasteiger charge is -2.11. The summed E-state index contributed by atoms with van der Waals surface area (Å²) in [6.45, 7) is 6.36. The van der Waals surface area contributed by atoms with E-state index in [9.17, 15) is 13.6 Å². The molecule has 0 spiro atoms. The molecule has 0 aliphatic rings. The predicted octanol–water partition coefficient (Wildman–Crippen LogP) is 4.05. The van der Waals surface area contributed by atoms with Crippen LogP contribution in [0.15, 0.2) is 28.1 Å². The minimum atomic E-state index is -0.881. The third-order valence-corrected chi connectivity index (χ3v) is 4.38. The summed E-state index contributed by atoms with van der Waals surface area (Å²) in [6.07, 6.45) is -0.881. The molecule has 1 heterocycles. The van der Waals surface area contributed by atoms with Gasteiger partial charge in [0.1, 0.15) is 22.5 Å². The second-order valence-corrected chi connectivity index (χ2v) is 6.49. The molecule has 0 aliphatic heterocycles. The van der Waals surface area contributed by atoms with Crippen LogP contribution in [0.1, 0.15) is 38.2 Å². The van der Waals surface area contributed by atoms with Gasteiger partial charge in [-0.2, -0.15) is 0 Å². The highest BCUT2D eigenvalue weighted by Crippen LogP contribution is 2.35. The van der Waals surface area contributed by atoms with Crippen molar-refractivity contribution in [2.24, 2.45) is 5.73 Å². The van der Waals surface area contributed by atoms with Gasteiger partial charge in [-0.05, 0) is 25.0 Å². The van der Waals surface area contributed by atoms with Crippen LogP contribution >= 0.6 is 11.8 Å². The van der Waals surface area contributed by atoms with E-state index in [2.05, 4.69) is 4.98 Å². The molecule has 0 atom stereocenters. The zero-order valence-electron chi connectivity index (χ0n) is 13.7. The summed E-state index contributed by atoms with van der Waals surface area (Å²) < 4.78 is 33.6. The van der Waals surface area contributed by atoms with Crippen molar-refractivity contribution in [1.29, 1.82) is 0 Å². The fourth-order valence-corrected chi connectivity index (χ4v) is 3.55. The van der Waals surface area contributed by atoms with Crippen molar-refractivity contribution in [3.63, 3.8) is 0 Å². The fourth-order valence-electron chi connectivity index (χ4n) is 2.26. The zero-order chi connectivity index (χ0) is 17.9. The number of carbonyl (C=O) groups is 1. The van der Waals surface area contributed by atoms with Crippen LogP contribution in [0.2, 0.25) is 0 Å². The molecule has 0 bridgehead atoms. The number of rotatable bonds is 6. The fraction of sp³-hybridized carbons (Fsp3) is 0.375. The maximum absolute atomic E-state index is 13.4. The van der Waals surface area contributed by atoms with E-state index in [1.54, 1.807) is 0 Å². The summed E-state index contributed by atoms with van der Waals surface area (Å²) in [5.41, 5.74) is 5.78. The number of amides is 1. The average Bonchev–Trinajstić information content (AvgIpc) is 2.81. The number of carbonyl (C=O) groups excluding carboxylic acids is 1. The first-order valence-electron chi connectivity index (χ1n) is 7.47. The third kappa shape index (κ3) is 4.25. The summed E-state index contributed by atoms with van der Waals surface area (Å²) in [7, 11) is 0. The van der Waals surface area contributed by atoms with Gasteiger partial charge in [-0.3, -0.25) is 0 Å². The quantitative estimate of drug-likeness (QED) is 0.849. The Kier molecular flexibility index (Phi) is 5.82. The summed E-state index contributed by atoms with van der Waals surface area (Å²) in [4.78, 5) is 15.8. The SMILES string of the molecule is CCn1c(COC(N)=O)nc(C(C)C)c1Sc1cc(F)cc(F)c1. The smallest absolute Gasteiger partial charge is 0.404 e. The van der Waals surface area contributed by atoms with Crippen LogP contribution < -0.4 is 5.73 Å². The Bertz CT molecular complexity index is 727. The molecule has 0 saturated carbocycles. The van der Waals surface area contributed by atoms with Crippen LogP contribution in [0.25, 0.3) is 0 Å². The lowest BCUT2D eigenvalue weighted by atomic mass is 10.1. The van der Waals surface area contributed by atoms with Gasteiger partial charge >= 0.3 is 6.09 Å². The summed E-state index contributed by atoms with van der Waals surface area (Å²) in [5, 5.41) is 0.764. The van der Waals surface area contributed by atoms with E-state index in [4.69, 9.17) is 10.5 Å². The van der Waals surface area contributed by atoms with Crippen LogP contribution in [0.3, 0.4) is 0 Å². The van der Waals surface area contributed by atoms with Crippen LogP contribution in [-0.4, -0.2) is 15.6 Å². The topological polar surface area (TPSA) is 70.1 Å². The van der Waals surface area contributed by atoms with E-state index in [0.29, 0.717) is 17.3 Å². The minimum absolute atomic E-state index is 0.0546. The number of benzene rings is 1. The normalized spacial score (nSPS) is 11.1. The van der Waals surface area contributed by atoms with Gasteiger partial charge in [-0.1, -0.05) is 25.6 Å². The van der Waals surface area contributed by atoms with Gasteiger partial charge in [0.05, 0.1) is 5.69 Å². The number of halogens is 2. The Balaban J connectivity index is 2.43. The maximum Gasteiger partial charge on any atom is 0.404 e. The highest BCUT2D eigenvalue weighted by molar-refractivity contribution is 7.99. The highest BCUT2D eigenvalue weighted by Gasteiger charge is 2.20. The van der Waals surface area contributed by atoms with Crippen molar-refractivity contribution in [2.45, 2.75) is 49.8 Å². The van der Waals surface area contributed by atoms with E-state index >= 15 is 0 Å². The van der Waals surface area contributed by atoms with Crippen molar-refractivity contribution in [3.05, 3.63) is 41.4 Å². The molecular weight excluding hydrogens is 336 g/mol. The zero-order valence-corrected chi connectivity index (χ0v) is 14.5. The van der Waals surface area contributed by atoms with Gasteiger partial charge in [0.25, 0.3) is 0 Å². The van der Waals surface area contributed by atoms with Gasteiger partial charge in [0.2, 0.25) is 0 Å². The number of primary amides is 1. The van der Waals surface area contributed by atoms with Crippen LogP contribution in [0.4, 0.5) is 13.6 Å². The molecule has 130 valence electrons. The number of hydrogen-bond donors (Lipinski definition) is 1. The number of nitrogens with two attached hydrogens (primary N) is 1. The van der Waals surface area contributed by atoms with E-state index in [1.807, 2.05) is 25.3 Å². The average molecular weight is 355 g/mol. The van der Waals surface area contributed by atoms with E-state index < -0.39 is 17.7 Å². The van der Waals surface area contributed by atoms with Gasteiger partial charge in [0.15, 0.2) is 6.61 Å². The third-order valence-electron chi connectivity index (χ3n) is 3.28. The van der Waals surface area contributed by atoms with Gasteiger partial charge < -0.3 is 15.0 Å². The number of nitrogens with zero attached hydrogens (tertiary/aromatic N) is 2. The van der Waals surface area contributed by atoms with Crippen molar-refractivity contribution in [1.82, 2.24) is 9.55 Å². The number of hydrogen-bond acceptors (Lipinski definition) is 4. The Morgan fingerprint density at radius 3 is 2.46 bits per heavy atom. The molecule has 8 heteroatoms. The second-order valence-electron chi connectivity index (χ2n) is 5.43. The number of imidazole rings is 1. The van der Waals surface area contributed by atoms with Crippen LogP contribution in [0, 0.1) is 11.6 Å². The Morgan fingerprint density at radius 1 is 1.33 bits per heavy atom. The first-order chi connectivity index (χ1) is 11.3. The largest absolute Gasteiger partial charge is 0.442 e. The van der Waals surface area contributed by atoms with Crippen molar-refractivity contribution in [2.75, 3.05) is 0 Å². The molecule has 2 rings (SSSR count). The molecule has 1 aromatic carbocycles. The molecule has 2 aromatic rings. The molecule has 0 fully saturated rings. The lowest BCUT2D eigenvalue weighted by Crippen LogP contribution is -2.15. The van der Waals surface area contributed by atoms with Crippen LogP contribution in [-0.2, 0) is 17.9 Å². The first kappa shape index (κ1) is 18.3. The number of aromatic nitrogens is 2. The van der Waals surface area contributed by atoms with E-state index in [0.717, 1.165) is 16.8 Å². The Morgan fingerprint density at radius 2 is 1.96 bits per heavy atom. The number of ether oxygens (including phenoxy) is 1. The van der Waals surface area contributed by atoms with Crippen molar-refractivity contribution < 1.29 is 18.3 Å². The van der Waals surface area contributed by atoms with Gasteiger partial charge in [-0.15, -0.1) is 0 Å². The molecule has 0 saturated heterocycles. The maximum atomic E-state index is 13.4. The molecule has 0 radical (unpaired) electrons. The van der Waals surface area contributed by atoms with Crippen molar-refractivity contribution in [3.8, 4) is 0 Å². The monoisotopic (exact) mass is 355 g/mol. The highest BCUT2D eigenvalue weighted by atomic mass is 32.2. The predicted molar refractivity (Wildman–Crippen MR) is 86.8 cm³/mol. The molecule has 1 aromatic heterocycles. The molecule has 1 amide bonds. The van der Waals surface area contributed by atoms with E-state index in [-0.39, 0.29) is 12.5 Å². The Hall–Kier alpha value is -2.09. The molecular formula is C16H19F2N3O2S. The summed E-state index contributed by atoms with van der Waals surface area (Å²) >= 11 is 1.23. The molecule has 2 N–H and O–H groups in total. The summed E-state index contributed by atoms with van der Waals surface area (Å²) in [6, 6.07) is 3.37. The second kappa shape index (κ2) is 7.65. The minimum Gasteiger partial charge on any atom is -0.442 e. The van der Waals surface area contributed by atoms with Crippen molar-refractivity contribution >= 4 is 17.9 Å². The van der Waals surface area contributed by atoms with Gasteiger partial charge in [0, 0.05) is 17.5 Å². The standard InChI is InChI=1S/C16H19F2N3O2S/c1-4-21-13(8-23-16(19)22)20-14(9(2)3)15(21)24-12-6-10(17)5-11(18)7-12/h5-7,9H,4,8H2,1-3H3,(H2,19,22). The molecule has 5 nitrogen and oxygen atoms in total. The first-order valence-corrected chi connectivity index (χ1v) is 8.29. The molecule has 24 heavy (non-hydrogen) atoms. The molecule has 0 aliphatic carbocycles. The van der Waals surface area contributed by atoms with Crippen LogP contribution in [0.5, 0.6) is 0 Å². The summed E-state index contributed by atoms with van der Waals surface area (Å²) in [5.74, 6) is -0.641. The van der Waals surface area contributed by atoms with E-state index in [1.165, 1.54) is 23.9 Å².